The summed E-state index contributed by atoms with van der Waals surface area (Å²) >= 11 is 0. The van der Waals surface area contributed by atoms with E-state index in [-0.39, 0.29) is 18.1 Å². The average Bonchev–Trinajstić information content (AvgIpc) is 3.14. The third-order valence-electron chi connectivity index (χ3n) is 5.67. The number of hydrogen-bond donors (Lipinski definition) is 2. The molecule has 2 atom stereocenters. The van der Waals surface area contributed by atoms with Crippen molar-refractivity contribution in [3.63, 3.8) is 0 Å². The number of hydrogen-bond acceptors (Lipinski definition) is 4. The first kappa shape index (κ1) is 18.0. The Bertz CT molecular complexity index is 587. The van der Waals surface area contributed by atoms with E-state index in [9.17, 15) is 9.90 Å². The maximum absolute atomic E-state index is 12.6. The number of carbonyl (C=O) groups is 1. The third-order valence-corrected chi connectivity index (χ3v) is 5.67. The van der Waals surface area contributed by atoms with Crippen molar-refractivity contribution in [1.29, 1.82) is 0 Å². The summed E-state index contributed by atoms with van der Waals surface area (Å²) in [5, 5.41) is 13.4. The third kappa shape index (κ3) is 4.24. The Morgan fingerprint density at radius 3 is 2.84 bits per heavy atom. The maximum atomic E-state index is 12.6. The number of urea groups is 1. The Kier molecular flexibility index (Phi) is 5.78. The van der Waals surface area contributed by atoms with Gasteiger partial charge in [-0.25, -0.2) is 4.79 Å². The van der Waals surface area contributed by atoms with E-state index in [1.54, 1.807) is 6.20 Å². The number of aliphatic hydroxyl groups excluding tert-OH is 1. The minimum Gasteiger partial charge on any atom is -0.393 e. The SMILES string of the molecule is CN(C)c1cccnc1CNC(=O)N1CC[C@@H](O)[C@H](C2CCCC2)C1. The van der Waals surface area contributed by atoms with Crippen LogP contribution in [0.4, 0.5) is 10.5 Å². The average molecular weight is 346 g/mol. The number of rotatable bonds is 4. The van der Waals surface area contributed by atoms with Crippen LogP contribution >= 0.6 is 0 Å². The predicted molar refractivity (Wildman–Crippen MR) is 98.4 cm³/mol. The fraction of sp³-hybridized carbons (Fsp3) is 0.684. The van der Waals surface area contributed by atoms with Crippen molar-refractivity contribution in [2.45, 2.75) is 44.8 Å². The number of anilines is 1. The van der Waals surface area contributed by atoms with Gasteiger partial charge in [0.25, 0.3) is 0 Å². The number of amides is 2. The second kappa shape index (κ2) is 8.04. The van der Waals surface area contributed by atoms with Crippen molar-refractivity contribution < 1.29 is 9.90 Å². The number of pyridine rings is 1. The Balaban J connectivity index is 1.58. The summed E-state index contributed by atoms with van der Waals surface area (Å²) < 4.78 is 0. The molecule has 2 amide bonds. The summed E-state index contributed by atoms with van der Waals surface area (Å²) in [5.41, 5.74) is 1.88. The Labute approximate surface area is 150 Å². The summed E-state index contributed by atoms with van der Waals surface area (Å²) in [7, 11) is 3.95. The highest BCUT2D eigenvalue weighted by atomic mass is 16.3. The molecule has 2 fully saturated rings. The number of likely N-dealkylation sites (tertiary alicyclic amines) is 1. The highest BCUT2D eigenvalue weighted by Gasteiger charge is 2.36. The monoisotopic (exact) mass is 346 g/mol. The molecule has 0 spiro atoms. The van der Waals surface area contributed by atoms with Crippen molar-refractivity contribution in [2.24, 2.45) is 11.8 Å². The minimum absolute atomic E-state index is 0.0507. The lowest BCUT2D eigenvalue weighted by atomic mass is 9.82. The Hall–Kier alpha value is -1.82. The van der Waals surface area contributed by atoms with Gasteiger partial charge in [0.15, 0.2) is 0 Å². The molecule has 6 nitrogen and oxygen atoms in total. The van der Waals surface area contributed by atoms with Crippen molar-refractivity contribution >= 4 is 11.7 Å². The fourth-order valence-corrected chi connectivity index (χ4v) is 4.25. The van der Waals surface area contributed by atoms with Crippen LogP contribution in [0, 0.1) is 11.8 Å². The van der Waals surface area contributed by atoms with Crippen LogP contribution in [0.3, 0.4) is 0 Å². The normalized spacial score (nSPS) is 24.4. The number of carbonyl (C=O) groups excluding carboxylic acids is 1. The van der Waals surface area contributed by atoms with E-state index in [0.29, 0.717) is 32.0 Å². The van der Waals surface area contributed by atoms with Crippen molar-refractivity contribution in [2.75, 3.05) is 32.1 Å². The molecule has 1 saturated heterocycles. The second-order valence-corrected chi connectivity index (χ2v) is 7.53. The molecule has 0 bridgehead atoms. The molecule has 2 heterocycles. The van der Waals surface area contributed by atoms with Crippen molar-refractivity contribution in [1.82, 2.24) is 15.2 Å². The molecule has 2 N–H and O–H groups in total. The lowest BCUT2D eigenvalue weighted by molar-refractivity contribution is 0.0125. The van der Waals surface area contributed by atoms with Crippen LogP contribution in [0.2, 0.25) is 0 Å². The highest BCUT2D eigenvalue weighted by Crippen LogP contribution is 2.36. The predicted octanol–water partition coefficient (Wildman–Crippen LogP) is 2.23. The lowest BCUT2D eigenvalue weighted by Gasteiger charge is -2.39. The number of aliphatic hydroxyl groups is 1. The van der Waals surface area contributed by atoms with Crippen molar-refractivity contribution in [3.8, 4) is 0 Å². The minimum atomic E-state index is -0.261. The van der Waals surface area contributed by atoms with Gasteiger partial charge in [-0.2, -0.15) is 0 Å². The van der Waals surface area contributed by atoms with Gasteiger partial charge in [-0.05, 0) is 24.5 Å². The van der Waals surface area contributed by atoms with Gasteiger partial charge >= 0.3 is 6.03 Å². The summed E-state index contributed by atoms with van der Waals surface area (Å²) in [5.74, 6) is 0.802. The summed E-state index contributed by atoms with van der Waals surface area (Å²) in [6.07, 6.45) is 7.07. The number of piperidine rings is 1. The fourth-order valence-electron chi connectivity index (χ4n) is 4.25. The van der Waals surface area contributed by atoms with Gasteiger partial charge in [-0.1, -0.05) is 25.7 Å². The van der Waals surface area contributed by atoms with Crippen LogP contribution in [-0.2, 0) is 6.54 Å². The van der Waals surface area contributed by atoms with E-state index in [1.807, 2.05) is 36.0 Å². The molecule has 1 aromatic rings. The molecular formula is C19H30N4O2. The highest BCUT2D eigenvalue weighted by molar-refractivity contribution is 5.74. The van der Waals surface area contributed by atoms with Gasteiger partial charge in [-0.3, -0.25) is 4.98 Å². The molecule has 0 radical (unpaired) electrons. The smallest absolute Gasteiger partial charge is 0.317 e. The van der Waals surface area contributed by atoms with Gasteiger partial charge in [-0.15, -0.1) is 0 Å². The molecule has 3 rings (SSSR count). The standard InChI is InChI=1S/C19H30N4O2/c1-22(2)17-8-5-10-20-16(17)12-21-19(25)23-11-9-18(24)15(13-23)14-6-3-4-7-14/h5,8,10,14-15,18,24H,3-4,6-7,9,11-13H2,1-2H3,(H,21,25)/t15-,18+/m0/s1. The van der Waals surface area contributed by atoms with Crippen LogP contribution in [-0.4, -0.2) is 54.3 Å². The summed E-state index contributed by atoms with van der Waals surface area (Å²) in [6, 6.07) is 3.85. The van der Waals surface area contributed by atoms with E-state index < -0.39 is 0 Å². The first-order valence-corrected chi connectivity index (χ1v) is 9.38. The van der Waals surface area contributed by atoms with Crippen LogP contribution in [0.15, 0.2) is 18.3 Å². The molecule has 1 aliphatic heterocycles. The molecule has 0 aromatic carbocycles. The first-order chi connectivity index (χ1) is 12.1. The Morgan fingerprint density at radius 1 is 1.36 bits per heavy atom. The molecule has 1 aromatic heterocycles. The molecule has 2 aliphatic rings. The maximum Gasteiger partial charge on any atom is 0.317 e. The van der Waals surface area contributed by atoms with E-state index in [0.717, 1.165) is 11.4 Å². The van der Waals surface area contributed by atoms with Gasteiger partial charge in [0.2, 0.25) is 0 Å². The van der Waals surface area contributed by atoms with Gasteiger partial charge < -0.3 is 20.2 Å². The Morgan fingerprint density at radius 2 is 2.12 bits per heavy atom. The number of aromatic nitrogens is 1. The zero-order valence-corrected chi connectivity index (χ0v) is 15.3. The quantitative estimate of drug-likeness (QED) is 0.877. The van der Waals surface area contributed by atoms with Crippen LogP contribution in [0.25, 0.3) is 0 Å². The molecule has 0 unspecified atom stereocenters. The van der Waals surface area contributed by atoms with E-state index in [2.05, 4.69) is 10.3 Å². The molecule has 1 aliphatic carbocycles. The molecular weight excluding hydrogens is 316 g/mol. The zero-order chi connectivity index (χ0) is 17.8. The van der Waals surface area contributed by atoms with Crippen LogP contribution < -0.4 is 10.2 Å². The molecule has 1 saturated carbocycles. The van der Waals surface area contributed by atoms with E-state index >= 15 is 0 Å². The molecule has 6 heteroatoms. The summed E-state index contributed by atoms with van der Waals surface area (Å²) in [6.45, 7) is 1.71. The van der Waals surface area contributed by atoms with Crippen molar-refractivity contribution in [3.05, 3.63) is 24.0 Å². The zero-order valence-electron chi connectivity index (χ0n) is 15.3. The second-order valence-electron chi connectivity index (χ2n) is 7.53. The largest absolute Gasteiger partial charge is 0.393 e. The van der Waals surface area contributed by atoms with Gasteiger partial charge in [0.05, 0.1) is 24.0 Å². The molecule has 25 heavy (non-hydrogen) atoms. The molecule has 138 valence electrons. The number of nitrogens with one attached hydrogen (secondary N) is 1. The van der Waals surface area contributed by atoms with E-state index in [1.165, 1.54) is 25.7 Å². The lowest BCUT2D eigenvalue weighted by Crippen LogP contribution is -2.51. The first-order valence-electron chi connectivity index (χ1n) is 9.38. The topological polar surface area (TPSA) is 68.7 Å². The van der Waals surface area contributed by atoms with Gasteiger partial charge in [0.1, 0.15) is 0 Å². The van der Waals surface area contributed by atoms with Gasteiger partial charge in [0, 0.05) is 39.3 Å². The van der Waals surface area contributed by atoms with Crippen LogP contribution in [0.1, 0.15) is 37.8 Å². The van der Waals surface area contributed by atoms with E-state index in [4.69, 9.17) is 0 Å². The summed E-state index contributed by atoms with van der Waals surface area (Å²) in [4.78, 5) is 20.9. The van der Waals surface area contributed by atoms with Crippen LogP contribution in [0.5, 0.6) is 0 Å². The number of nitrogens with zero attached hydrogens (tertiary/aromatic N) is 3.